The van der Waals surface area contributed by atoms with Crippen LogP contribution in [0.2, 0.25) is 0 Å². The molecule has 0 aromatic heterocycles. The third-order valence-electron chi connectivity index (χ3n) is 2.85. The van der Waals surface area contributed by atoms with E-state index < -0.39 is 12.1 Å². The highest BCUT2D eigenvalue weighted by atomic mass is 16.4. The van der Waals surface area contributed by atoms with Gasteiger partial charge in [0.1, 0.15) is 0 Å². The topological polar surface area (TPSA) is 57.5 Å². The van der Waals surface area contributed by atoms with Crippen molar-refractivity contribution in [1.29, 1.82) is 0 Å². The second-order valence-corrected chi connectivity index (χ2v) is 4.03. The summed E-state index contributed by atoms with van der Waals surface area (Å²) >= 11 is 0. The summed E-state index contributed by atoms with van der Waals surface area (Å²) in [5, 5.41) is 20.1. The van der Waals surface area contributed by atoms with Crippen LogP contribution in [0, 0.1) is 0 Å². The first kappa shape index (κ1) is 11.6. The van der Waals surface area contributed by atoms with Gasteiger partial charge in [0.25, 0.3) is 0 Å². The predicted molar refractivity (Wildman–Crippen MR) is 65.9 cm³/mol. The predicted octanol–water partition coefficient (Wildman–Crippen LogP) is 2.22. The number of aliphatic hydroxyl groups is 1. The van der Waals surface area contributed by atoms with Crippen molar-refractivity contribution in [3.63, 3.8) is 0 Å². The molecular formula is C14H14O3. The first-order chi connectivity index (χ1) is 8.18. The smallest absolute Gasteiger partial charge is 0.332 e. The Bertz CT molecular complexity index is 528. The van der Waals surface area contributed by atoms with Crippen LogP contribution in [0.4, 0.5) is 0 Å². The minimum atomic E-state index is -1.28. The molecule has 3 heteroatoms. The van der Waals surface area contributed by atoms with Gasteiger partial charge in [-0.2, -0.15) is 0 Å². The molecule has 0 unspecified atom stereocenters. The molecule has 0 saturated heterocycles. The Hall–Kier alpha value is -1.87. The highest BCUT2D eigenvalue weighted by Gasteiger charge is 2.13. The number of rotatable bonds is 4. The van der Waals surface area contributed by atoms with Crippen molar-refractivity contribution in [3.8, 4) is 0 Å². The Labute approximate surface area is 99.3 Å². The maximum atomic E-state index is 10.5. The van der Waals surface area contributed by atoms with Crippen LogP contribution in [-0.2, 0) is 11.2 Å². The standard InChI is InChI=1S/C14H14O3/c15-13(14(16)17)9-8-11-6-3-5-10-4-1-2-7-12(10)11/h1-7,13,15H,8-9H2,(H,16,17)/t13-/m1/s1. The van der Waals surface area contributed by atoms with Crippen LogP contribution in [0.3, 0.4) is 0 Å². The number of carbonyl (C=O) groups is 1. The molecule has 0 bridgehead atoms. The summed E-state index contributed by atoms with van der Waals surface area (Å²) in [5.41, 5.74) is 1.07. The lowest BCUT2D eigenvalue weighted by molar-refractivity contribution is -0.146. The van der Waals surface area contributed by atoms with Gasteiger partial charge in [-0.3, -0.25) is 0 Å². The molecule has 0 saturated carbocycles. The summed E-state index contributed by atoms with van der Waals surface area (Å²) in [6.07, 6.45) is -0.480. The van der Waals surface area contributed by atoms with Gasteiger partial charge in [0, 0.05) is 0 Å². The van der Waals surface area contributed by atoms with Crippen molar-refractivity contribution in [2.45, 2.75) is 18.9 Å². The highest BCUT2D eigenvalue weighted by molar-refractivity contribution is 5.85. The van der Waals surface area contributed by atoms with Crippen LogP contribution in [0.1, 0.15) is 12.0 Å². The number of fused-ring (bicyclic) bond motifs is 1. The normalized spacial score (nSPS) is 12.5. The van der Waals surface area contributed by atoms with Gasteiger partial charge in [-0.25, -0.2) is 4.79 Å². The van der Waals surface area contributed by atoms with E-state index in [4.69, 9.17) is 5.11 Å². The summed E-state index contributed by atoms with van der Waals surface area (Å²) < 4.78 is 0. The van der Waals surface area contributed by atoms with Crippen molar-refractivity contribution in [2.75, 3.05) is 0 Å². The van der Waals surface area contributed by atoms with Gasteiger partial charge < -0.3 is 10.2 Å². The number of carboxylic acid groups (broad SMARTS) is 1. The second-order valence-electron chi connectivity index (χ2n) is 4.03. The van der Waals surface area contributed by atoms with Gasteiger partial charge in [0.05, 0.1) is 0 Å². The summed E-state index contributed by atoms with van der Waals surface area (Å²) in [5.74, 6) is -1.16. The van der Waals surface area contributed by atoms with E-state index in [-0.39, 0.29) is 6.42 Å². The zero-order valence-electron chi connectivity index (χ0n) is 9.34. The van der Waals surface area contributed by atoms with Crippen molar-refractivity contribution in [1.82, 2.24) is 0 Å². The molecule has 0 fully saturated rings. The molecule has 0 aliphatic heterocycles. The van der Waals surface area contributed by atoms with Crippen LogP contribution in [0.15, 0.2) is 42.5 Å². The molecule has 17 heavy (non-hydrogen) atoms. The SMILES string of the molecule is O=C(O)[C@H](O)CCc1cccc2ccccc12. The summed E-state index contributed by atoms with van der Waals surface area (Å²) in [4.78, 5) is 10.5. The number of aliphatic hydroxyl groups excluding tert-OH is 1. The van der Waals surface area contributed by atoms with Gasteiger partial charge in [-0.1, -0.05) is 42.5 Å². The number of hydrogen-bond acceptors (Lipinski definition) is 2. The van der Waals surface area contributed by atoms with Crippen LogP contribution in [-0.4, -0.2) is 22.3 Å². The van der Waals surface area contributed by atoms with E-state index in [0.29, 0.717) is 6.42 Å². The summed E-state index contributed by atoms with van der Waals surface area (Å²) in [6, 6.07) is 13.9. The van der Waals surface area contributed by atoms with E-state index in [2.05, 4.69) is 0 Å². The third kappa shape index (κ3) is 2.63. The molecule has 1 atom stereocenters. The molecule has 0 aliphatic rings. The number of aryl methyl sites for hydroxylation is 1. The van der Waals surface area contributed by atoms with E-state index >= 15 is 0 Å². The largest absolute Gasteiger partial charge is 0.479 e. The number of carboxylic acids is 1. The first-order valence-corrected chi connectivity index (χ1v) is 5.56. The Morgan fingerprint density at radius 2 is 1.82 bits per heavy atom. The fourth-order valence-electron chi connectivity index (χ4n) is 1.93. The molecule has 0 heterocycles. The van der Waals surface area contributed by atoms with Crippen LogP contribution < -0.4 is 0 Å². The average Bonchev–Trinajstić information content (AvgIpc) is 2.35. The van der Waals surface area contributed by atoms with Gasteiger partial charge >= 0.3 is 5.97 Å². The van der Waals surface area contributed by atoms with Crippen molar-refractivity contribution in [2.24, 2.45) is 0 Å². The lowest BCUT2D eigenvalue weighted by Gasteiger charge is -2.08. The first-order valence-electron chi connectivity index (χ1n) is 5.56. The number of aliphatic carboxylic acids is 1. The Balaban J connectivity index is 2.21. The van der Waals surface area contributed by atoms with Crippen LogP contribution >= 0.6 is 0 Å². The zero-order valence-corrected chi connectivity index (χ0v) is 9.34. The molecule has 2 aromatic carbocycles. The average molecular weight is 230 g/mol. The van der Waals surface area contributed by atoms with Crippen molar-refractivity contribution >= 4 is 16.7 Å². The maximum absolute atomic E-state index is 10.5. The van der Waals surface area contributed by atoms with Crippen LogP contribution in [0.25, 0.3) is 10.8 Å². The van der Waals surface area contributed by atoms with E-state index in [9.17, 15) is 9.90 Å². The molecule has 88 valence electrons. The minimum Gasteiger partial charge on any atom is -0.479 e. The lowest BCUT2D eigenvalue weighted by atomic mass is 9.99. The van der Waals surface area contributed by atoms with Gasteiger partial charge in [-0.15, -0.1) is 0 Å². The fraction of sp³-hybridized carbons (Fsp3) is 0.214. The van der Waals surface area contributed by atoms with Crippen LogP contribution in [0.5, 0.6) is 0 Å². The Morgan fingerprint density at radius 3 is 2.59 bits per heavy atom. The summed E-state index contributed by atoms with van der Waals surface area (Å²) in [6.45, 7) is 0. The van der Waals surface area contributed by atoms with E-state index in [0.717, 1.165) is 16.3 Å². The Morgan fingerprint density at radius 1 is 1.12 bits per heavy atom. The molecule has 2 aromatic rings. The van der Waals surface area contributed by atoms with E-state index in [1.54, 1.807) is 0 Å². The van der Waals surface area contributed by atoms with Gasteiger partial charge in [-0.05, 0) is 29.2 Å². The molecule has 2 rings (SSSR count). The quantitative estimate of drug-likeness (QED) is 0.846. The van der Waals surface area contributed by atoms with Crippen molar-refractivity contribution in [3.05, 3.63) is 48.0 Å². The third-order valence-corrected chi connectivity index (χ3v) is 2.85. The zero-order chi connectivity index (χ0) is 12.3. The number of hydrogen-bond donors (Lipinski definition) is 2. The van der Waals surface area contributed by atoms with E-state index in [1.165, 1.54) is 0 Å². The minimum absolute atomic E-state index is 0.239. The molecule has 2 N–H and O–H groups in total. The molecule has 3 nitrogen and oxygen atoms in total. The lowest BCUT2D eigenvalue weighted by Crippen LogP contribution is -2.19. The number of benzene rings is 2. The monoisotopic (exact) mass is 230 g/mol. The Kier molecular flexibility index (Phi) is 3.40. The maximum Gasteiger partial charge on any atom is 0.332 e. The van der Waals surface area contributed by atoms with E-state index in [1.807, 2.05) is 42.5 Å². The molecule has 0 amide bonds. The van der Waals surface area contributed by atoms with Gasteiger partial charge in [0.2, 0.25) is 0 Å². The molecular weight excluding hydrogens is 216 g/mol. The second kappa shape index (κ2) is 4.97. The fourth-order valence-corrected chi connectivity index (χ4v) is 1.93. The van der Waals surface area contributed by atoms with Crippen molar-refractivity contribution < 1.29 is 15.0 Å². The molecule has 0 radical (unpaired) electrons. The van der Waals surface area contributed by atoms with Gasteiger partial charge in [0.15, 0.2) is 6.10 Å². The summed E-state index contributed by atoms with van der Waals surface area (Å²) in [7, 11) is 0. The molecule has 0 aliphatic carbocycles. The molecule has 0 spiro atoms. The highest BCUT2D eigenvalue weighted by Crippen LogP contribution is 2.20.